The van der Waals surface area contributed by atoms with E-state index in [1.165, 1.54) is 25.0 Å². The number of unbranched alkanes of at least 4 members (excludes halogenated alkanes) is 1. The summed E-state index contributed by atoms with van der Waals surface area (Å²) >= 11 is 2.03. The molecule has 0 aliphatic heterocycles. The first-order chi connectivity index (χ1) is 5.22. The van der Waals surface area contributed by atoms with Crippen molar-refractivity contribution < 1.29 is 0 Å². The van der Waals surface area contributed by atoms with Crippen molar-refractivity contribution in [2.45, 2.75) is 51.3 Å². The van der Waals surface area contributed by atoms with Crippen molar-refractivity contribution in [1.82, 2.24) is 0 Å². The molecule has 0 aliphatic carbocycles. The molecule has 0 aromatic carbocycles. The van der Waals surface area contributed by atoms with E-state index in [1.54, 1.807) is 0 Å². The lowest BCUT2D eigenvalue weighted by atomic mass is 10.2. The third-order valence-corrected chi connectivity index (χ3v) is 3.53. The zero-order valence-electron chi connectivity index (χ0n) is 7.97. The lowest BCUT2D eigenvalue weighted by Gasteiger charge is -2.17. The summed E-state index contributed by atoms with van der Waals surface area (Å²) in [6.45, 7) is 6.55. The molecule has 0 fully saturated rings. The Balaban J connectivity index is 3.36. The van der Waals surface area contributed by atoms with Gasteiger partial charge in [0, 0.05) is 11.3 Å². The minimum Gasteiger partial charge on any atom is -0.327 e. The highest BCUT2D eigenvalue weighted by Gasteiger charge is 2.10. The van der Waals surface area contributed by atoms with E-state index in [4.69, 9.17) is 5.73 Å². The van der Waals surface area contributed by atoms with Crippen LogP contribution in [0, 0.1) is 0 Å². The molecule has 0 bridgehead atoms. The molecule has 0 rings (SSSR count). The van der Waals surface area contributed by atoms with Gasteiger partial charge in [0.05, 0.1) is 0 Å². The van der Waals surface area contributed by atoms with E-state index in [2.05, 4.69) is 20.8 Å². The van der Waals surface area contributed by atoms with Gasteiger partial charge in [-0.3, -0.25) is 0 Å². The first-order valence-corrected chi connectivity index (χ1v) is 5.64. The van der Waals surface area contributed by atoms with Gasteiger partial charge in [0.2, 0.25) is 0 Å². The molecule has 2 heteroatoms. The lowest BCUT2D eigenvalue weighted by molar-refractivity contribution is 0.669. The Kier molecular flexibility index (Phi) is 7.18. The second kappa shape index (κ2) is 6.99. The van der Waals surface area contributed by atoms with Gasteiger partial charge in [0.15, 0.2) is 0 Å². The van der Waals surface area contributed by atoms with Crippen LogP contribution in [0.3, 0.4) is 0 Å². The third-order valence-electron chi connectivity index (χ3n) is 1.82. The molecule has 68 valence electrons. The van der Waals surface area contributed by atoms with Crippen molar-refractivity contribution in [2.75, 3.05) is 5.75 Å². The average Bonchev–Trinajstić information content (AvgIpc) is 1.97. The highest BCUT2D eigenvalue weighted by molar-refractivity contribution is 7.99. The van der Waals surface area contributed by atoms with Gasteiger partial charge in [0.1, 0.15) is 0 Å². The zero-order chi connectivity index (χ0) is 8.69. The summed E-state index contributed by atoms with van der Waals surface area (Å²) in [5.41, 5.74) is 5.81. The standard InChI is InChI=1S/C9H21NS/c1-4-6-7-11-9(5-2)8(3)10/h8-9H,4-7,10H2,1-3H3. The van der Waals surface area contributed by atoms with Gasteiger partial charge in [-0.1, -0.05) is 20.3 Å². The Morgan fingerprint density at radius 3 is 2.36 bits per heavy atom. The molecule has 2 unspecified atom stereocenters. The van der Waals surface area contributed by atoms with Gasteiger partial charge >= 0.3 is 0 Å². The van der Waals surface area contributed by atoms with Crippen LogP contribution in [-0.4, -0.2) is 17.0 Å². The number of hydrogen-bond donors (Lipinski definition) is 1. The topological polar surface area (TPSA) is 26.0 Å². The fourth-order valence-electron chi connectivity index (χ4n) is 1.02. The van der Waals surface area contributed by atoms with Crippen LogP contribution >= 0.6 is 11.8 Å². The van der Waals surface area contributed by atoms with E-state index in [-0.39, 0.29) is 0 Å². The largest absolute Gasteiger partial charge is 0.327 e. The van der Waals surface area contributed by atoms with E-state index in [0.717, 1.165) is 0 Å². The Morgan fingerprint density at radius 2 is 2.00 bits per heavy atom. The molecular formula is C9H21NS. The van der Waals surface area contributed by atoms with Crippen LogP contribution < -0.4 is 5.73 Å². The van der Waals surface area contributed by atoms with Crippen LogP contribution in [0.1, 0.15) is 40.0 Å². The molecule has 0 aromatic rings. The predicted molar refractivity (Wildman–Crippen MR) is 55.1 cm³/mol. The number of rotatable bonds is 6. The molecule has 0 aromatic heterocycles. The minimum atomic E-state index is 0.349. The number of hydrogen-bond acceptors (Lipinski definition) is 2. The fourth-order valence-corrected chi connectivity index (χ4v) is 2.32. The van der Waals surface area contributed by atoms with Crippen LogP contribution in [0.5, 0.6) is 0 Å². The zero-order valence-corrected chi connectivity index (χ0v) is 8.79. The van der Waals surface area contributed by atoms with Crippen LogP contribution in [-0.2, 0) is 0 Å². The first kappa shape index (κ1) is 11.3. The highest BCUT2D eigenvalue weighted by atomic mass is 32.2. The van der Waals surface area contributed by atoms with Crippen molar-refractivity contribution in [1.29, 1.82) is 0 Å². The summed E-state index contributed by atoms with van der Waals surface area (Å²) in [5.74, 6) is 1.27. The molecule has 0 saturated heterocycles. The second-order valence-electron chi connectivity index (χ2n) is 3.03. The maximum absolute atomic E-state index is 5.81. The molecule has 0 amide bonds. The van der Waals surface area contributed by atoms with E-state index in [0.29, 0.717) is 11.3 Å². The van der Waals surface area contributed by atoms with Crippen molar-refractivity contribution in [3.8, 4) is 0 Å². The summed E-state index contributed by atoms with van der Waals surface area (Å²) in [4.78, 5) is 0. The van der Waals surface area contributed by atoms with Gasteiger partial charge in [0.25, 0.3) is 0 Å². The second-order valence-corrected chi connectivity index (χ2v) is 4.38. The molecule has 0 saturated carbocycles. The highest BCUT2D eigenvalue weighted by Crippen LogP contribution is 2.18. The molecular weight excluding hydrogens is 154 g/mol. The van der Waals surface area contributed by atoms with Crippen molar-refractivity contribution in [3.63, 3.8) is 0 Å². The summed E-state index contributed by atoms with van der Waals surface area (Å²) < 4.78 is 0. The molecule has 2 atom stereocenters. The normalized spacial score (nSPS) is 16.4. The van der Waals surface area contributed by atoms with Gasteiger partial charge in [-0.15, -0.1) is 0 Å². The van der Waals surface area contributed by atoms with Crippen LogP contribution in [0.4, 0.5) is 0 Å². The van der Waals surface area contributed by atoms with Crippen LogP contribution in [0.25, 0.3) is 0 Å². The predicted octanol–water partition coefficient (Wildman–Crippen LogP) is 2.65. The van der Waals surface area contributed by atoms with Gasteiger partial charge < -0.3 is 5.73 Å². The SMILES string of the molecule is CCCCSC(CC)C(C)N. The summed E-state index contributed by atoms with van der Waals surface area (Å²) in [7, 11) is 0. The number of thioether (sulfide) groups is 1. The Hall–Kier alpha value is 0.310. The molecule has 0 radical (unpaired) electrons. The Labute approximate surface area is 75.1 Å². The summed E-state index contributed by atoms with van der Waals surface area (Å²) in [5, 5.41) is 0.668. The van der Waals surface area contributed by atoms with Crippen molar-refractivity contribution in [2.24, 2.45) is 5.73 Å². The lowest BCUT2D eigenvalue weighted by Crippen LogP contribution is -2.28. The average molecular weight is 175 g/mol. The van der Waals surface area contributed by atoms with E-state index >= 15 is 0 Å². The Bertz CT molecular complexity index is 83.6. The smallest absolute Gasteiger partial charge is 0.0193 e. The summed E-state index contributed by atoms with van der Waals surface area (Å²) in [6, 6.07) is 0.349. The van der Waals surface area contributed by atoms with Gasteiger partial charge in [-0.25, -0.2) is 0 Å². The Morgan fingerprint density at radius 1 is 1.36 bits per heavy atom. The quantitative estimate of drug-likeness (QED) is 0.628. The van der Waals surface area contributed by atoms with Crippen molar-refractivity contribution in [3.05, 3.63) is 0 Å². The maximum atomic E-state index is 5.81. The number of nitrogens with two attached hydrogens (primary N) is 1. The maximum Gasteiger partial charge on any atom is 0.0193 e. The van der Waals surface area contributed by atoms with E-state index < -0.39 is 0 Å². The summed E-state index contributed by atoms with van der Waals surface area (Å²) in [6.07, 6.45) is 3.82. The van der Waals surface area contributed by atoms with Gasteiger partial charge in [-0.2, -0.15) is 11.8 Å². The van der Waals surface area contributed by atoms with E-state index in [9.17, 15) is 0 Å². The fraction of sp³-hybridized carbons (Fsp3) is 1.00. The van der Waals surface area contributed by atoms with Gasteiger partial charge in [-0.05, 0) is 25.5 Å². The molecule has 1 nitrogen and oxygen atoms in total. The molecule has 2 N–H and O–H groups in total. The van der Waals surface area contributed by atoms with Crippen LogP contribution in [0.2, 0.25) is 0 Å². The first-order valence-electron chi connectivity index (χ1n) is 4.59. The van der Waals surface area contributed by atoms with Crippen molar-refractivity contribution >= 4 is 11.8 Å². The third kappa shape index (κ3) is 5.57. The van der Waals surface area contributed by atoms with E-state index in [1.807, 2.05) is 11.8 Å². The minimum absolute atomic E-state index is 0.349. The monoisotopic (exact) mass is 175 g/mol. The van der Waals surface area contributed by atoms with Crippen LogP contribution in [0.15, 0.2) is 0 Å². The molecule has 0 aliphatic rings. The molecule has 0 heterocycles. The molecule has 11 heavy (non-hydrogen) atoms. The molecule has 0 spiro atoms.